The second kappa shape index (κ2) is 5.94. The SMILES string of the molecule is CN(Cc1nnc2ccccn12)C(=O)c1ccc(Cl)c(Cl)c1. The van der Waals surface area contributed by atoms with Crippen LogP contribution in [-0.2, 0) is 6.54 Å². The molecule has 0 atom stereocenters. The van der Waals surface area contributed by atoms with E-state index in [1.54, 1.807) is 30.1 Å². The minimum atomic E-state index is -0.161. The maximum Gasteiger partial charge on any atom is 0.254 e. The second-order valence-electron chi connectivity index (χ2n) is 4.84. The fourth-order valence-corrected chi connectivity index (χ4v) is 2.43. The van der Waals surface area contributed by atoms with Gasteiger partial charge < -0.3 is 4.90 Å². The highest BCUT2D eigenvalue weighted by Gasteiger charge is 2.16. The Morgan fingerprint density at radius 3 is 2.77 bits per heavy atom. The van der Waals surface area contributed by atoms with Gasteiger partial charge in [0.1, 0.15) is 0 Å². The Morgan fingerprint density at radius 2 is 2.00 bits per heavy atom. The van der Waals surface area contributed by atoms with Crippen LogP contribution in [0.15, 0.2) is 42.6 Å². The van der Waals surface area contributed by atoms with Crippen molar-refractivity contribution in [2.24, 2.45) is 0 Å². The molecule has 3 aromatic rings. The first kappa shape index (κ1) is 14.8. The van der Waals surface area contributed by atoms with Gasteiger partial charge >= 0.3 is 0 Å². The van der Waals surface area contributed by atoms with Crippen LogP contribution in [0, 0.1) is 0 Å². The molecule has 1 amide bonds. The van der Waals surface area contributed by atoms with Crippen molar-refractivity contribution in [1.82, 2.24) is 19.5 Å². The number of carbonyl (C=O) groups is 1. The largest absolute Gasteiger partial charge is 0.334 e. The van der Waals surface area contributed by atoms with Crippen LogP contribution in [0.25, 0.3) is 5.65 Å². The van der Waals surface area contributed by atoms with E-state index in [-0.39, 0.29) is 5.91 Å². The van der Waals surface area contributed by atoms with Crippen molar-refractivity contribution in [1.29, 1.82) is 0 Å². The number of hydrogen-bond acceptors (Lipinski definition) is 3. The minimum absolute atomic E-state index is 0.161. The number of fused-ring (bicyclic) bond motifs is 1. The van der Waals surface area contributed by atoms with Crippen molar-refractivity contribution in [2.75, 3.05) is 7.05 Å². The highest BCUT2D eigenvalue weighted by atomic mass is 35.5. The topological polar surface area (TPSA) is 50.5 Å². The highest BCUT2D eigenvalue weighted by molar-refractivity contribution is 6.42. The molecule has 5 nitrogen and oxygen atoms in total. The summed E-state index contributed by atoms with van der Waals surface area (Å²) in [6.07, 6.45) is 1.86. The molecule has 0 saturated carbocycles. The Morgan fingerprint density at radius 1 is 1.18 bits per heavy atom. The minimum Gasteiger partial charge on any atom is -0.334 e. The summed E-state index contributed by atoms with van der Waals surface area (Å²) in [5.41, 5.74) is 1.22. The van der Waals surface area contributed by atoms with Crippen molar-refractivity contribution in [2.45, 2.75) is 6.54 Å². The molecule has 0 aliphatic carbocycles. The lowest BCUT2D eigenvalue weighted by Crippen LogP contribution is -2.27. The summed E-state index contributed by atoms with van der Waals surface area (Å²) in [5.74, 6) is 0.526. The zero-order valence-corrected chi connectivity index (χ0v) is 13.2. The van der Waals surface area contributed by atoms with Gasteiger partial charge in [0, 0.05) is 18.8 Å². The van der Waals surface area contributed by atoms with Crippen LogP contribution in [-0.4, -0.2) is 32.5 Å². The first-order valence-electron chi connectivity index (χ1n) is 6.55. The predicted octanol–water partition coefficient (Wildman–Crippen LogP) is 3.31. The number of rotatable bonds is 3. The molecule has 2 heterocycles. The maximum absolute atomic E-state index is 12.4. The van der Waals surface area contributed by atoms with Gasteiger partial charge in [-0.1, -0.05) is 29.3 Å². The number of benzene rings is 1. The van der Waals surface area contributed by atoms with Crippen molar-refractivity contribution in [3.8, 4) is 0 Å². The number of aromatic nitrogens is 3. The zero-order valence-electron chi connectivity index (χ0n) is 11.7. The summed E-state index contributed by atoms with van der Waals surface area (Å²) in [6.45, 7) is 0.338. The van der Waals surface area contributed by atoms with Crippen LogP contribution in [0.2, 0.25) is 10.0 Å². The van der Waals surface area contributed by atoms with E-state index in [4.69, 9.17) is 23.2 Å². The average molecular weight is 335 g/mol. The number of amides is 1. The maximum atomic E-state index is 12.4. The van der Waals surface area contributed by atoms with Crippen molar-refractivity contribution < 1.29 is 4.79 Å². The van der Waals surface area contributed by atoms with Crippen LogP contribution < -0.4 is 0 Å². The number of nitrogens with zero attached hydrogens (tertiary/aromatic N) is 4. The first-order chi connectivity index (χ1) is 10.6. The van der Waals surface area contributed by atoms with Gasteiger partial charge in [-0.15, -0.1) is 10.2 Å². The molecular weight excluding hydrogens is 323 g/mol. The van der Waals surface area contributed by atoms with E-state index >= 15 is 0 Å². The predicted molar refractivity (Wildman–Crippen MR) is 85.2 cm³/mol. The van der Waals surface area contributed by atoms with E-state index in [1.165, 1.54) is 0 Å². The Hall–Kier alpha value is -2.11. The molecule has 0 aliphatic rings. The number of carbonyl (C=O) groups excluding carboxylic acids is 1. The van der Waals surface area contributed by atoms with Crippen LogP contribution in [0.5, 0.6) is 0 Å². The lowest BCUT2D eigenvalue weighted by molar-refractivity contribution is 0.0781. The molecule has 0 fully saturated rings. The molecule has 0 N–H and O–H groups in total. The summed E-state index contributed by atoms with van der Waals surface area (Å²) in [4.78, 5) is 14.0. The molecule has 0 saturated heterocycles. The van der Waals surface area contributed by atoms with Crippen molar-refractivity contribution in [3.63, 3.8) is 0 Å². The van der Waals surface area contributed by atoms with E-state index < -0.39 is 0 Å². The van der Waals surface area contributed by atoms with Crippen LogP contribution >= 0.6 is 23.2 Å². The molecular formula is C15H12Cl2N4O. The first-order valence-corrected chi connectivity index (χ1v) is 7.31. The summed E-state index contributed by atoms with van der Waals surface area (Å²) in [7, 11) is 1.70. The average Bonchev–Trinajstić information content (AvgIpc) is 2.92. The molecule has 22 heavy (non-hydrogen) atoms. The van der Waals surface area contributed by atoms with Crippen LogP contribution in [0.1, 0.15) is 16.2 Å². The van der Waals surface area contributed by atoms with E-state index in [2.05, 4.69) is 10.2 Å². The van der Waals surface area contributed by atoms with E-state index in [9.17, 15) is 4.79 Å². The molecule has 0 aliphatic heterocycles. The smallest absolute Gasteiger partial charge is 0.254 e. The van der Waals surface area contributed by atoms with Gasteiger partial charge in [-0.2, -0.15) is 0 Å². The fraction of sp³-hybridized carbons (Fsp3) is 0.133. The molecule has 1 aromatic carbocycles. The summed E-state index contributed by atoms with van der Waals surface area (Å²) in [6, 6.07) is 10.5. The molecule has 7 heteroatoms. The summed E-state index contributed by atoms with van der Waals surface area (Å²) < 4.78 is 1.85. The van der Waals surface area contributed by atoms with Gasteiger partial charge in [-0.05, 0) is 30.3 Å². The third kappa shape index (κ3) is 2.77. The van der Waals surface area contributed by atoms with Crippen molar-refractivity contribution in [3.05, 3.63) is 64.0 Å². The van der Waals surface area contributed by atoms with Crippen LogP contribution in [0.4, 0.5) is 0 Å². The number of halogens is 2. The van der Waals surface area contributed by atoms with Crippen molar-refractivity contribution >= 4 is 34.8 Å². The van der Waals surface area contributed by atoms with Gasteiger partial charge in [0.25, 0.3) is 5.91 Å². The molecule has 2 aromatic heterocycles. The van der Waals surface area contributed by atoms with Gasteiger partial charge in [0.15, 0.2) is 11.5 Å². The van der Waals surface area contributed by atoms with Crippen LogP contribution in [0.3, 0.4) is 0 Å². The Balaban J connectivity index is 1.83. The Kier molecular flexibility index (Phi) is 4.00. The third-order valence-electron chi connectivity index (χ3n) is 3.28. The lowest BCUT2D eigenvalue weighted by Gasteiger charge is -2.16. The Labute approximate surface area is 137 Å². The highest BCUT2D eigenvalue weighted by Crippen LogP contribution is 2.23. The van der Waals surface area contributed by atoms with E-state index in [0.29, 0.717) is 28.0 Å². The van der Waals surface area contributed by atoms with Gasteiger partial charge in [0.05, 0.1) is 16.6 Å². The van der Waals surface area contributed by atoms with E-state index in [1.807, 2.05) is 28.8 Å². The quantitative estimate of drug-likeness (QED) is 0.738. The fourth-order valence-electron chi connectivity index (χ4n) is 2.13. The van der Waals surface area contributed by atoms with Gasteiger partial charge in [-0.3, -0.25) is 9.20 Å². The molecule has 0 unspecified atom stereocenters. The molecule has 112 valence electrons. The summed E-state index contributed by atoms with van der Waals surface area (Å²) >= 11 is 11.8. The van der Waals surface area contributed by atoms with Gasteiger partial charge in [0.2, 0.25) is 0 Å². The second-order valence-corrected chi connectivity index (χ2v) is 5.65. The zero-order chi connectivity index (χ0) is 15.7. The van der Waals surface area contributed by atoms with E-state index in [0.717, 1.165) is 5.65 Å². The third-order valence-corrected chi connectivity index (χ3v) is 4.02. The monoisotopic (exact) mass is 334 g/mol. The summed E-state index contributed by atoms with van der Waals surface area (Å²) in [5, 5.41) is 8.96. The number of hydrogen-bond donors (Lipinski definition) is 0. The molecule has 0 radical (unpaired) electrons. The Bertz CT molecular complexity index is 846. The molecule has 3 rings (SSSR count). The molecule has 0 bridgehead atoms. The van der Waals surface area contributed by atoms with Gasteiger partial charge in [-0.25, -0.2) is 0 Å². The molecule has 0 spiro atoms. The number of pyridine rings is 1. The standard InChI is InChI=1S/C15H12Cl2N4O/c1-20(15(22)10-5-6-11(16)12(17)8-10)9-14-19-18-13-4-2-3-7-21(13)14/h2-8H,9H2,1H3. The normalized spacial score (nSPS) is 10.9. The lowest BCUT2D eigenvalue weighted by atomic mass is 10.2.